The lowest BCUT2D eigenvalue weighted by atomic mass is 9.95. The van der Waals surface area contributed by atoms with Gasteiger partial charge in [0, 0.05) is 30.9 Å². The van der Waals surface area contributed by atoms with E-state index in [1.165, 1.54) is 6.42 Å². The van der Waals surface area contributed by atoms with Crippen LogP contribution in [0, 0.1) is 5.92 Å². The Kier molecular flexibility index (Phi) is 5.59. The second kappa shape index (κ2) is 7.43. The Bertz CT molecular complexity index is 487. The van der Waals surface area contributed by atoms with Crippen LogP contribution in [0.1, 0.15) is 56.1 Å². The zero-order valence-corrected chi connectivity index (χ0v) is 13.5. The first-order chi connectivity index (χ1) is 10.2. The van der Waals surface area contributed by atoms with E-state index >= 15 is 0 Å². The Labute approximate surface area is 127 Å². The van der Waals surface area contributed by atoms with E-state index in [-0.39, 0.29) is 5.91 Å². The van der Waals surface area contributed by atoms with Crippen LogP contribution < -0.4 is 5.32 Å². The summed E-state index contributed by atoms with van der Waals surface area (Å²) in [6.07, 6.45) is 4.37. The van der Waals surface area contributed by atoms with Gasteiger partial charge < -0.3 is 10.2 Å². The number of piperidine rings is 1. The number of nitrogens with zero attached hydrogens (tertiary/aromatic N) is 2. The van der Waals surface area contributed by atoms with Crippen molar-refractivity contribution in [3.63, 3.8) is 0 Å². The van der Waals surface area contributed by atoms with Gasteiger partial charge in [0.2, 0.25) is 0 Å². The molecule has 116 valence electrons. The molecule has 1 atom stereocenters. The predicted octanol–water partition coefficient (Wildman–Crippen LogP) is 3.34. The van der Waals surface area contributed by atoms with Crippen molar-refractivity contribution in [1.29, 1.82) is 0 Å². The molecule has 2 heterocycles. The lowest BCUT2D eigenvalue weighted by Crippen LogP contribution is -2.39. The number of aromatic nitrogens is 1. The molecule has 1 aromatic rings. The fraction of sp³-hybridized carbons (Fsp3) is 0.647. The normalized spacial score (nSPS) is 18.6. The number of pyridine rings is 1. The van der Waals surface area contributed by atoms with Gasteiger partial charge in [0.25, 0.3) is 5.91 Å². The van der Waals surface area contributed by atoms with E-state index in [1.54, 1.807) is 0 Å². The number of rotatable bonds is 5. The van der Waals surface area contributed by atoms with Crippen molar-refractivity contribution in [3.05, 3.63) is 23.4 Å². The lowest BCUT2D eigenvalue weighted by molar-refractivity contribution is 0.0671. The molecular weight excluding hydrogens is 262 g/mol. The maximum atomic E-state index is 12.8. The van der Waals surface area contributed by atoms with Crippen molar-refractivity contribution in [2.24, 2.45) is 5.92 Å². The molecule has 4 nitrogen and oxygen atoms in total. The molecule has 1 amide bonds. The summed E-state index contributed by atoms with van der Waals surface area (Å²) in [6.45, 7) is 8.92. The van der Waals surface area contributed by atoms with Crippen LogP contribution in [0.15, 0.2) is 12.1 Å². The van der Waals surface area contributed by atoms with E-state index < -0.39 is 0 Å². The first kappa shape index (κ1) is 15.8. The molecule has 0 saturated carbocycles. The molecule has 0 bridgehead atoms. The van der Waals surface area contributed by atoms with Crippen molar-refractivity contribution in [2.75, 3.05) is 25.0 Å². The van der Waals surface area contributed by atoms with E-state index in [4.69, 9.17) is 0 Å². The molecule has 0 radical (unpaired) electrons. The third kappa shape index (κ3) is 3.96. The molecule has 1 N–H and O–H groups in total. The van der Waals surface area contributed by atoms with Crippen molar-refractivity contribution in [3.8, 4) is 0 Å². The van der Waals surface area contributed by atoms with Gasteiger partial charge in [-0.2, -0.15) is 0 Å². The van der Waals surface area contributed by atoms with Crippen molar-refractivity contribution < 1.29 is 4.79 Å². The quantitative estimate of drug-likeness (QED) is 0.904. The second-order valence-electron chi connectivity index (χ2n) is 5.78. The standard InChI is InChI=1S/C17H27N3O/c1-4-13-8-7-9-20(12-13)17(21)14-10-15(5-2)19-16(11-14)18-6-3/h10-11,13H,4-9,12H2,1-3H3,(H,18,19). The summed E-state index contributed by atoms with van der Waals surface area (Å²) in [7, 11) is 0. The molecular formula is C17H27N3O. The Morgan fingerprint density at radius 3 is 2.86 bits per heavy atom. The molecule has 1 fully saturated rings. The van der Waals surface area contributed by atoms with Gasteiger partial charge in [0.1, 0.15) is 5.82 Å². The molecule has 0 spiro atoms. The van der Waals surface area contributed by atoms with Gasteiger partial charge >= 0.3 is 0 Å². The Hall–Kier alpha value is -1.58. The predicted molar refractivity (Wildman–Crippen MR) is 86.7 cm³/mol. The zero-order chi connectivity index (χ0) is 15.2. The molecule has 1 aromatic heterocycles. The number of hydrogen-bond acceptors (Lipinski definition) is 3. The molecule has 1 unspecified atom stereocenters. The van der Waals surface area contributed by atoms with Crippen molar-refractivity contribution in [1.82, 2.24) is 9.88 Å². The maximum absolute atomic E-state index is 12.8. The lowest BCUT2D eigenvalue weighted by Gasteiger charge is -2.32. The zero-order valence-electron chi connectivity index (χ0n) is 13.5. The van der Waals surface area contributed by atoms with Gasteiger partial charge in [-0.3, -0.25) is 4.79 Å². The Morgan fingerprint density at radius 2 is 2.19 bits per heavy atom. The molecule has 1 aliphatic rings. The minimum atomic E-state index is 0.157. The van der Waals surface area contributed by atoms with Crippen molar-refractivity contribution >= 4 is 11.7 Å². The summed E-state index contributed by atoms with van der Waals surface area (Å²) in [5, 5.41) is 3.22. The fourth-order valence-electron chi connectivity index (χ4n) is 2.93. The van der Waals surface area contributed by atoms with Gasteiger partial charge in [0.15, 0.2) is 0 Å². The molecule has 1 saturated heterocycles. The first-order valence-electron chi connectivity index (χ1n) is 8.22. The van der Waals surface area contributed by atoms with Crippen LogP contribution in [-0.4, -0.2) is 35.4 Å². The minimum Gasteiger partial charge on any atom is -0.370 e. The average molecular weight is 289 g/mol. The van der Waals surface area contributed by atoms with Crippen LogP contribution in [0.3, 0.4) is 0 Å². The number of likely N-dealkylation sites (tertiary alicyclic amines) is 1. The largest absolute Gasteiger partial charge is 0.370 e. The van der Waals surface area contributed by atoms with Crippen molar-refractivity contribution in [2.45, 2.75) is 46.5 Å². The third-order valence-corrected chi connectivity index (χ3v) is 4.23. The van der Waals surface area contributed by atoms with E-state index in [0.29, 0.717) is 5.92 Å². The summed E-state index contributed by atoms with van der Waals surface area (Å²) in [5.41, 5.74) is 1.75. The second-order valence-corrected chi connectivity index (χ2v) is 5.78. The van der Waals surface area contributed by atoms with E-state index in [1.807, 2.05) is 24.0 Å². The minimum absolute atomic E-state index is 0.157. The van der Waals surface area contributed by atoms with Gasteiger partial charge in [-0.25, -0.2) is 4.98 Å². The topological polar surface area (TPSA) is 45.2 Å². The highest BCUT2D eigenvalue weighted by Crippen LogP contribution is 2.22. The fourth-order valence-corrected chi connectivity index (χ4v) is 2.93. The van der Waals surface area contributed by atoms with Gasteiger partial charge in [-0.15, -0.1) is 0 Å². The SMILES string of the molecule is CCNc1cc(C(=O)N2CCCC(CC)C2)cc(CC)n1. The van der Waals surface area contributed by atoms with Gasteiger partial charge in [-0.1, -0.05) is 20.3 Å². The summed E-state index contributed by atoms with van der Waals surface area (Å²) < 4.78 is 0. The highest BCUT2D eigenvalue weighted by atomic mass is 16.2. The van der Waals surface area contributed by atoms with Gasteiger partial charge in [0.05, 0.1) is 0 Å². The summed E-state index contributed by atoms with van der Waals surface area (Å²) >= 11 is 0. The van der Waals surface area contributed by atoms with E-state index in [2.05, 4.69) is 24.1 Å². The number of hydrogen-bond donors (Lipinski definition) is 1. The van der Waals surface area contributed by atoms with Crippen LogP contribution in [0.25, 0.3) is 0 Å². The van der Waals surface area contributed by atoms with Crippen LogP contribution in [0.5, 0.6) is 0 Å². The number of carbonyl (C=O) groups excluding carboxylic acids is 1. The highest BCUT2D eigenvalue weighted by molar-refractivity contribution is 5.95. The smallest absolute Gasteiger partial charge is 0.254 e. The molecule has 1 aliphatic heterocycles. The van der Waals surface area contributed by atoms with E-state index in [9.17, 15) is 4.79 Å². The van der Waals surface area contributed by atoms with Crippen LogP contribution in [-0.2, 0) is 6.42 Å². The third-order valence-electron chi connectivity index (χ3n) is 4.23. The number of aryl methyl sites for hydroxylation is 1. The summed E-state index contributed by atoms with van der Waals surface area (Å²) in [6, 6.07) is 3.83. The molecule has 2 rings (SSSR count). The van der Waals surface area contributed by atoms with Crippen LogP contribution in [0.2, 0.25) is 0 Å². The number of amides is 1. The Balaban J connectivity index is 2.19. The van der Waals surface area contributed by atoms with Crippen LogP contribution >= 0.6 is 0 Å². The van der Waals surface area contributed by atoms with Gasteiger partial charge in [-0.05, 0) is 44.2 Å². The molecule has 21 heavy (non-hydrogen) atoms. The number of nitrogens with one attached hydrogen (secondary N) is 1. The number of anilines is 1. The first-order valence-corrected chi connectivity index (χ1v) is 8.22. The highest BCUT2D eigenvalue weighted by Gasteiger charge is 2.24. The summed E-state index contributed by atoms with van der Waals surface area (Å²) in [5.74, 6) is 1.62. The molecule has 4 heteroatoms. The summed E-state index contributed by atoms with van der Waals surface area (Å²) in [4.78, 5) is 19.3. The monoisotopic (exact) mass is 289 g/mol. The van der Waals surface area contributed by atoms with Crippen LogP contribution in [0.4, 0.5) is 5.82 Å². The van der Waals surface area contributed by atoms with E-state index in [0.717, 1.165) is 56.0 Å². The molecule has 0 aromatic carbocycles. The molecule has 0 aliphatic carbocycles. The Morgan fingerprint density at radius 1 is 1.38 bits per heavy atom. The maximum Gasteiger partial charge on any atom is 0.254 e. The number of carbonyl (C=O) groups is 1. The average Bonchev–Trinajstić information content (AvgIpc) is 2.54.